The first-order valence-corrected chi connectivity index (χ1v) is 7.64. The molecular formula is C18H15N3O4. The number of urea groups is 1. The van der Waals surface area contributed by atoms with Crippen molar-refractivity contribution in [1.29, 1.82) is 5.41 Å². The molecule has 126 valence electrons. The van der Waals surface area contributed by atoms with E-state index in [0.717, 1.165) is 9.80 Å². The maximum Gasteiger partial charge on any atom is 0.342 e. The largest absolute Gasteiger partial charge is 0.462 e. The lowest BCUT2D eigenvalue weighted by molar-refractivity contribution is -0.111. The van der Waals surface area contributed by atoms with E-state index in [1.807, 2.05) is 0 Å². The van der Waals surface area contributed by atoms with Crippen molar-refractivity contribution in [3.8, 4) is 0 Å². The molecule has 1 aliphatic heterocycles. The number of imide groups is 1. The molecule has 2 aromatic rings. The normalized spacial score (nSPS) is 14.2. The molecule has 0 saturated carbocycles. The highest BCUT2D eigenvalue weighted by atomic mass is 16.5. The van der Waals surface area contributed by atoms with E-state index in [2.05, 4.69) is 0 Å². The van der Waals surface area contributed by atoms with Gasteiger partial charge in [-0.15, -0.1) is 0 Å². The molecular weight excluding hydrogens is 322 g/mol. The third-order valence-electron chi connectivity index (χ3n) is 3.66. The molecule has 0 unspecified atom stereocenters. The third-order valence-corrected chi connectivity index (χ3v) is 3.66. The molecule has 2 aromatic carbocycles. The smallest absolute Gasteiger partial charge is 0.342 e. The number of rotatable bonds is 4. The number of carbonyl (C=O) groups excluding carboxylic acids is 3. The van der Waals surface area contributed by atoms with Crippen LogP contribution in [0.5, 0.6) is 0 Å². The summed E-state index contributed by atoms with van der Waals surface area (Å²) in [5.74, 6) is -1.62. The van der Waals surface area contributed by atoms with E-state index in [1.165, 1.54) is 24.3 Å². The Hall–Kier alpha value is -3.48. The number of hydrogen-bond acceptors (Lipinski definition) is 5. The maximum atomic E-state index is 12.6. The van der Waals surface area contributed by atoms with Crippen molar-refractivity contribution in [2.75, 3.05) is 16.4 Å². The Morgan fingerprint density at radius 1 is 0.960 bits per heavy atom. The molecule has 7 heteroatoms. The summed E-state index contributed by atoms with van der Waals surface area (Å²) in [4.78, 5) is 38.6. The number of nitrogens with zero attached hydrogens (tertiary/aromatic N) is 2. The zero-order chi connectivity index (χ0) is 18.0. The molecule has 0 atom stereocenters. The van der Waals surface area contributed by atoms with Gasteiger partial charge in [0.2, 0.25) is 5.84 Å². The molecule has 1 heterocycles. The number of para-hydroxylation sites is 1. The highest BCUT2D eigenvalue weighted by Crippen LogP contribution is 2.27. The van der Waals surface area contributed by atoms with Gasteiger partial charge in [-0.3, -0.25) is 10.2 Å². The first-order valence-electron chi connectivity index (χ1n) is 7.64. The standard InChI is InChI=1S/C18H15N3O4/c1-2-25-17(23)12-8-10-14(11-9-12)20-15(19)16(22)21(18(20)24)13-6-4-3-5-7-13/h3-11,19H,2H2,1H3. The topological polar surface area (TPSA) is 90.8 Å². The van der Waals surface area contributed by atoms with Crippen LogP contribution >= 0.6 is 0 Å². The van der Waals surface area contributed by atoms with Gasteiger partial charge >= 0.3 is 17.9 Å². The minimum atomic E-state index is -0.703. The monoisotopic (exact) mass is 337 g/mol. The molecule has 1 fully saturated rings. The minimum Gasteiger partial charge on any atom is -0.462 e. The van der Waals surface area contributed by atoms with E-state index in [4.69, 9.17) is 10.1 Å². The van der Waals surface area contributed by atoms with Crippen molar-refractivity contribution in [3.05, 3.63) is 60.2 Å². The Morgan fingerprint density at radius 2 is 1.56 bits per heavy atom. The second-order valence-corrected chi connectivity index (χ2v) is 5.21. The van der Waals surface area contributed by atoms with E-state index in [-0.39, 0.29) is 6.61 Å². The van der Waals surface area contributed by atoms with Crippen molar-refractivity contribution in [1.82, 2.24) is 0 Å². The summed E-state index contributed by atoms with van der Waals surface area (Å²) in [6, 6.07) is 13.8. The van der Waals surface area contributed by atoms with Crippen LogP contribution in [0.3, 0.4) is 0 Å². The van der Waals surface area contributed by atoms with Gasteiger partial charge in [-0.05, 0) is 43.3 Å². The SMILES string of the molecule is CCOC(=O)c1ccc(N2C(=N)C(=O)N(c3ccccc3)C2=O)cc1. The lowest BCUT2D eigenvalue weighted by atomic mass is 10.2. The number of carbonyl (C=O) groups is 3. The van der Waals surface area contributed by atoms with Crippen LogP contribution in [0.25, 0.3) is 0 Å². The fourth-order valence-electron chi connectivity index (χ4n) is 2.49. The summed E-state index contributed by atoms with van der Waals surface area (Å²) < 4.78 is 4.90. The van der Waals surface area contributed by atoms with Gasteiger partial charge in [0.25, 0.3) is 0 Å². The fourth-order valence-corrected chi connectivity index (χ4v) is 2.49. The summed E-state index contributed by atoms with van der Waals surface area (Å²) in [5.41, 5.74) is 1.05. The van der Waals surface area contributed by atoms with Crippen LogP contribution in [0.2, 0.25) is 0 Å². The second-order valence-electron chi connectivity index (χ2n) is 5.21. The van der Waals surface area contributed by atoms with Crippen molar-refractivity contribution in [2.45, 2.75) is 6.92 Å². The Labute approximate surface area is 143 Å². The molecule has 0 bridgehead atoms. The average Bonchev–Trinajstić information content (AvgIpc) is 2.85. The molecule has 0 spiro atoms. The number of amidine groups is 1. The number of benzene rings is 2. The Balaban J connectivity index is 1.90. The van der Waals surface area contributed by atoms with Crippen molar-refractivity contribution < 1.29 is 19.1 Å². The summed E-state index contributed by atoms with van der Waals surface area (Å²) >= 11 is 0. The summed E-state index contributed by atoms with van der Waals surface area (Å²) in [6.07, 6.45) is 0. The number of nitrogens with one attached hydrogen (secondary N) is 1. The predicted molar refractivity (Wildman–Crippen MR) is 91.9 cm³/mol. The van der Waals surface area contributed by atoms with E-state index < -0.39 is 23.7 Å². The van der Waals surface area contributed by atoms with E-state index in [9.17, 15) is 14.4 Å². The Morgan fingerprint density at radius 3 is 2.16 bits per heavy atom. The molecule has 7 nitrogen and oxygen atoms in total. The molecule has 1 aliphatic rings. The quantitative estimate of drug-likeness (QED) is 0.686. The van der Waals surface area contributed by atoms with Crippen LogP contribution in [0.15, 0.2) is 54.6 Å². The van der Waals surface area contributed by atoms with E-state index >= 15 is 0 Å². The molecule has 1 saturated heterocycles. The lowest BCUT2D eigenvalue weighted by Gasteiger charge is -2.16. The molecule has 1 N–H and O–H groups in total. The van der Waals surface area contributed by atoms with Crippen molar-refractivity contribution in [2.24, 2.45) is 0 Å². The number of esters is 1. The van der Waals surface area contributed by atoms with Gasteiger partial charge in [0.05, 0.1) is 23.5 Å². The first-order chi connectivity index (χ1) is 12.0. The van der Waals surface area contributed by atoms with Gasteiger partial charge in [-0.25, -0.2) is 19.4 Å². The lowest BCUT2D eigenvalue weighted by Crippen LogP contribution is -2.33. The van der Waals surface area contributed by atoms with Gasteiger partial charge in [0, 0.05) is 0 Å². The average molecular weight is 337 g/mol. The predicted octanol–water partition coefficient (Wildman–Crippen LogP) is 2.81. The first kappa shape index (κ1) is 16.4. The maximum absolute atomic E-state index is 12.6. The number of amides is 3. The van der Waals surface area contributed by atoms with Crippen LogP contribution in [0.1, 0.15) is 17.3 Å². The van der Waals surface area contributed by atoms with Gasteiger partial charge < -0.3 is 4.74 Å². The van der Waals surface area contributed by atoms with Gasteiger partial charge in [-0.1, -0.05) is 18.2 Å². The fraction of sp³-hybridized carbons (Fsp3) is 0.111. The Bertz CT molecular complexity index is 846. The number of ether oxygens (including phenoxy) is 1. The zero-order valence-electron chi connectivity index (χ0n) is 13.4. The van der Waals surface area contributed by atoms with Crippen molar-refractivity contribution in [3.63, 3.8) is 0 Å². The van der Waals surface area contributed by atoms with E-state index in [1.54, 1.807) is 37.3 Å². The molecule has 25 heavy (non-hydrogen) atoms. The van der Waals surface area contributed by atoms with E-state index in [0.29, 0.717) is 16.9 Å². The molecule has 0 aromatic heterocycles. The zero-order valence-corrected chi connectivity index (χ0v) is 13.4. The van der Waals surface area contributed by atoms with Crippen molar-refractivity contribution >= 4 is 35.1 Å². The molecule has 3 amide bonds. The van der Waals surface area contributed by atoms with Gasteiger partial charge in [-0.2, -0.15) is 0 Å². The van der Waals surface area contributed by atoms with Crippen LogP contribution in [-0.4, -0.2) is 30.4 Å². The highest BCUT2D eigenvalue weighted by molar-refractivity contribution is 6.61. The summed E-state index contributed by atoms with van der Waals surface area (Å²) in [5, 5.41) is 7.99. The molecule has 0 aliphatic carbocycles. The molecule has 0 radical (unpaired) electrons. The van der Waals surface area contributed by atoms with Gasteiger partial charge in [0.1, 0.15) is 0 Å². The van der Waals surface area contributed by atoms with Crippen LogP contribution in [0, 0.1) is 5.41 Å². The minimum absolute atomic E-state index is 0.260. The van der Waals surface area contributed by atoms with Crippen LogP contribution in [0.4, 0.5) is 16.2 Å². The number of anilines is 2. The Kier molecular flexibility index (Phi) is 4.30. The third kappa shape index (κ3) is 2.87. The molecule has 3 rings (SSSR count). The highest BCUT2D eigenvalue weighted by Gasteiger charge is 2.43. The number of hydrogen-bond donors (Lipinski definition) is 1. The van der Waals surface area contributed by atoms with Crippen LogP contribution < -0.4 is 9.80 Å². The summed E-state index contributed by atoms with van der Waals surface area (Å²) in [6.45, 7) is 1.97. The summed E-state index contributed by atoms with van der Waals surface area (Å²) in [7, 11) is 0. The van der Waals surface area contributed by atoms with Crippen LogP contribution in [-0.2, 0) is 9.53 Å². The second kappa shape index (κ2) is 6.56. The van der Waals surface area contributed by atoms with Gasteiger partial charge in [0.15, 0.2) is 0 Å².